The Labute approximate surface area is 101 Å². The number of rotatable bonds is 6. The van der Waals surface area contributed by atoms with Crippen LogP contribution in [0.3, 0.4) is 0 Å². The SMILES string of the molecule is O=C(O)c1c[nH]c(N(CC2CC2)CC2CC2)c1. The number of nitrogens with zero attached hydrogens (tertiary/aromatic N) is 1. The van der Waals surface area contributed by atoms with Crippen LogP contribution in [0, 0.1) is 11.8 Å². The van der Waals surface area contributed by atoms with Gasteiger partial charge in [0.1, 0.15) is 5.82 Å². The molecule has 2 aliphatic rings. The standard InChI is InChI=1S/C13H18N2O2/c16-13(17)11-5-12(14-6-11)15(7-9-1-2-9)8-10-3-4-10/h5-6,9-10,14H,1-4,7-8H2,(H,16,17). The lowest BCUT2D eigenvalue weighted by molar-refractivity contribution is 0.0697. The first-order valence-corrected chi connectivity index (χ1v) is 6.39. The van der Waals surface area contributed by atoms with E-state index in [1.54, 1.807) is 12.3 Å². The van der Waals surface area contributed by atoms with Crippen molar-refractivity contribution < 1.29 is 9.90 Å². The third kappa shape index (κ3) is 2.62. The monoisotopic (exact) mass is 234 g/mol. The molecule has 0 unspecified atom stereocenters. The molecule has 17 heavy (non-hydrogen) atoms. The Bertz CT molecular complexity index is 405. The van der Waals surface area contributed by atoms with Crippen molar-refractivity contribution in [1.82, 2.24) is 4.98 Å². The first kappa shape index (κ1) is 10.7. The first-order chi connectivity index (χ1) is 8.22. The minimum Gasteiger partial charge on any atom is -0.478 e. The van der Waals surface area contributed by atoms with Crippen LogP contribution in [0.4, 0.5) is 5.82 Å². The van der Waals surface area contributed by atoms with E-state index in [-0.39, 0.29) is 0 Å². The molecule has 0 aliphatic heterocycles. The van der Waals surface area contributed by atoms with E-state index in [1.165, 1.54) is 25.7 Å². The van der Waals surface area contributed by atoms with Crippen LogP contribution in [0.5, 0.6) is 0 Å². The Balaban J connectivity index is 1.72. The molecule has 2 aliphatic carbocycles. The molecule has 2 fully saturated rings. The zero-order valence-corrected chi connectivity index (χ0v) is 9.85. The summed E-state index contributed by atoms with van der Waals surface area (Å²) in [7, 11) is 0. The number of nitrogens with one attached hydrogen (secondary N) is 1. The molecule has 92 valence electrons. The van der Waals surface area contributed by atoms with E-state index in [0.29, 0.717) is 5.56 Å². The Hall–Kier alpha value is -1.45. The van der Waals surface area contributed by atoms with Crippen molar-refractivity contribution in [2.24, 2.45) is 11.8 Å². The van der Waals surface area contributed by atoms with E-state index in [1.807, 2.05) is 0 Å². The van der Waals surface area contributed by atoms with Crippen LogP contribution in [0.1, 0.15) is 36.0 Å². The normalized spacial score (nSPS) is 19.3. The second-order valence-electron chi connectivity index (χ2n) is 5.37. The lowest BCUT2D eigenvalue weighted by atomic mass is 10.3. The second kappa shape index (κ2) is 4.09. The number of aromatic carboxylic acids is 1. The van der Waals surface area contributed by atoms with Crippen molar-refractivity contribution in [2.75, 3.05) is 18.0 Å². The van der Waals surface area contributed by atoms with Gasteiger partial charge in [0.15, 0.2) is 0 Å². The highest BCUT2D eigenvalue weighted by atomic mass is 16.4. The van der Waals surface area contributed by atoms with Crippen LogP contribution < -0.4 is 4.90 Å². The highest BCUT2D eigenvalue weighted by molar-refractivity contribution is 5.88. The van der Waals surface area contributed by atoms with Crippen LogP contribution in [-0.2, 0) is 0 Å². The lowest BCUT2D eigenvalue weighted by Crippen LogP contribution is -2.28. The summed E-state index contributed by atoms with van der Waals surface area (Å²) >= 11 is 0. The number of hydrogen-bond donors (Lipinski definition) is 2. The van der Waals surface area contributed by atoms with Gasteiger partial charge >= 0.3 is 5.97 Å². The molecule has 1 heterocycles. The number of H-pyrrole nitrogens is 1. The highest BCUT2D eigenvalue weighted by Crippen LogP contribution is 2.35. The predicted molar refractivity (Wildman–Crippen MR) is 65.4 cm³/mol. The maximum atomic E-state index is 10.9. The molecule has 0 spiro atoms. The van der Waals surface area contributed by atoms with Crippen molar-refractivity contribution in [2.45, 2.75) is 25.7 Å². The van der Waals surface area contributed by atoms with E-state index >= 15 is 0 Å². The zero-order valence-electron chi connectivity index (χ0n) is 9.85. The average molecular weight is 234 g/mol. The van der Waals surface area contributed by atoms with Gasteiger partial charge < -0.3 is 15.0 Å². The molecule has 0 aromatic carbocycles. The number of carboxylic acid groups (broad SMARTS) is 1. The molecule has 1 aromatic rings. The van der Waals surface area contributed by atoms with Crippen molar-refractivity contribution >= 4 is 11.8 Å². The Morgan fingerprint density at radius 2 is 1.88 bits per heavy atom. The molecule has 0 saturated heterocycles. The summed E-state index contributed by atoms with van der Waals surface area (Å²) in [6, 6.07) is 1.76. The maximum absolute atomic E-state index is 10.9. The van der Waals surface area contributed by atoms with Gasteiger partial charge in [0.05, 0.1) is 5.56 Å². The van der Waals surface area contributed by atoms with Crippen molar-refractivity contribution in [3.05, 3.63) is 17.8 Å². The smallest absolute Gasteiger partial charge is 0.337 e. The van der Waals surface area contributed by atoms with Gasteiger partial charge in [-0.1, -0.05) is 0 Å². The van der Waals surface area contributed by atoms with Gasteiger partial charge in [-0.15, -0.1) is 0 Å². The third-order valence-electron chi connectivity index (χ3n) is 3.61. The van der Waals surface area contributed by atoms with Crippen molar-refractivity contribution in [1.29, 1.82) is 0 Å². The predicted octanol–water partition coefficient (Wildman–Crippen LogP) is 2.34. The summed E-state index contributed by atoms with van der Waals surface area (Å²) in [6.07, 6.45) is 6.90. The third-order valence-corrected chi connectivity index (χ3v) is 3.61. The molecule has 3 rings (SSSR count). The van der Waals surface area contributed by atoms with Crippen molar-refractivity contribution in [3.8, 4) is 0 Å². The summed E-state index contributed by atoms with van der Waals surface area (Å²) in [5.41, 5.74) is 0.358. The van der Waals surface area contributed by atoms with Crippen LogP contribution in [0.25, 0.3) is 0 Å². The van der Waals surface area contributed by atoms with E-state index in [4.69, 9.17) is 5.11 Å². The fraction of sp³-hybridized carbons (Fsp3) is 0.615. The van der Waals surface area contributed by atoms with Gasteiger partial charge in [0.25, 0.3) is 0 Å². The number of aromatic amines is 1. The summed E-state index contributed by atoms with van der Waals surface area (Å²) in [6.45, 7) is 2.16. The van der Waals surface area contributed by atoms with Gasteiger partial charge in [-0.25, -0.2) is 4.79 Å². The van der Waals surface area contributed by atoms with Gasteiger partial charge in [0.2, 0.25) is 0 Å². The number of carboxylic acids is 1. The minimum atomic E-state index is -0.856. The molecule has 1 aromatic heterocycles. The molecular formula is C13H18N2O2. The number of hydrogen-bond acceptors (Lipinski definition) is 2. The maximum Gasteiger partial charge on any atom is 0.337 e. The van der Waals surface area contributed by atoms with E-state index in [9.17, 15) is 4.79 Å². The molecular weight excluding hydrogens is 216 g/mol. The van der Waals surface area contributed by atoms with Crippen LogP contribution >= 0.6 is 0 Å². The molecule has 4 nitrogen and oxygen atoms in total. The van der Waals surface area contributed by atoms with Gasteiger partial charge in [0, 0.05) is 19.3 Å². The molecule has 2 N–H and O–H groups in total. The Kier molecular flexibility index (Phi) is 2.57. The summed E-state index contributed by atoms with van der Waals surface area (Å²) in [5.74, 6) is 1.77. The average Bonchev–Trinajstić information content (AvgIpc) is 3.21. The lowest BCUT2D eigenvalue weighted by Gasteiger charge is -2.23. The van der Waals surface area contributed by atoms with Gasteiger partial charge in [-0.05, 0) is 43.6 Å². The molecule has 4 heteroatoms. The summed E-state index contributed by atoms with van der Waals surface area (Å²) in [5, 5.41) is 8.93. The van der Waals surface area contributed by atoms with Gasteiger partial charge in [-0.3, -0.25) is 0 Å². The number of anilines is 1. The number of carbonyl (C=O) groups is 1. The molecule has 2 saturated carbocycles. The van der Waals surface area contributed by atoms with E-state index in [2.05, 4.69) is 9.88 Å². The largest absolute Gasteiger partial charge is 0.478 e. The van der Waals surface area contributed by atoms with E-state index in [0.717, 1.165) is 30.7 Å². The van der Waals surface area contributed by atoms with E-state index < -0.39 is 5.97 Å². The summed E-state index contributed by atoms with van der Waals surface area (Å²) < 4.78 is 0. The number of aromatic nitrogens is 1. The molecule has 0 atom stereocenters. The second-order valence-corrected chi connectivity index (χ2v) is 5.37. The fourth-order valence-electron chi connectivity index (χ4n) is 2.18. The van der Waals surface area contributed by atoms with Crippen LogP contribution in [0.2, 0.25) is 0 Å². The molecule has 0 amide bonds. The Morgan fingerprint density at radius 1 is 1.29 bits per heavy atom. The molecule has 0 radical (unpaired) electrons. The van der Waals surface area contributed by atoms with Gasteiger partial charge in [-0.2, -0.15) is 0 Å². The Morgan fingerprint density at radius 3 is 2.29 bits per heavy atom. The van der Waals surface area contributed by atoms with Crippen LogP contribution in [0.15, 0.2) is 12.3 Å². The summed E-state index contributed by atoms with van der Waals surface area (Å²) in [4.78, 5) is 16.3. The topological polar surface area (TPSA) is 56.3 Å². The fourth-order valence-corrected chi connectivity index (χ4v) is 2.18. The first-order valence-electron chi connectivity index (χ1n) is 6.39. The highest BCUT2D eigenvalue weighted by Gasteiger charge is 2.30. The van der Waals surface area contributed by atoms with Crippen molar-refractivity contribution in [3.63, 3.8) is 0 Å². The van der Waals surface area contributed by atoms with Crippen LogP contribution in [-0.4, -0.2) is 29.1 Å². The quantitative estimate of drug-likeness (QED) is 0.794. The minimum absolute atomic E-state index is 0.358. The molecule has 0 bridgehead atoms. The zero-order chi connectivity index (χ0) is 11.8.